The number of rotatable bonds is 2. The number of benzene rings is 2. The fourth-order valence-electron chi connectivity index (χ4n) is 2.18. The van der Waals surface area contributed by atoms with E-state index >= 15 is 0 Å². The standard InChI is InChI=1S/C16H18O4S/c1-9-5-14(17)12(4)16(6-9)21(19,20)13-7-10(2)11(3)15(18)8-13/h5-8,17-18H,1-4H3. The van der Waals surface area contributed by atoms with E-state index in [1.54, 1.807) is 27.7 Å². The molecule has 0 aliphatic heterocycles. The highest BCUT2D eigenvalue weighted by Crippen LogP contribution is 2.33. The van der Waals surface area contributed by atoms with Crippen LogP contribution in [0.4, 0.5) is 0 Å². The quantitative estimate of drug-likeness (QED) is 0.893. The monoisotopic (exact) mass is 306 g/mol. The summed E-state index contributed by atoms with van der Waals surface area (Å²) in [5, 5.41) is 19.7. The Bertz CT molecular complexity index is 797. The molecule has 0 heterocycles. The van der Waals surface area contributed by atoms with Crippen molar-refractivity contribution in [3.63, 3.8) is 0 Å². The van der Waals surface area contributed by atoms with Gasteiger partial charge in [-0.1, -0.05) is 0 Å². The van der Waals surface area contributed by atoms with E-state index in [9.17, 15) is 18.6 Å². The first-order chi connectivity index (χ1) is 9.64. The van der Waals surface area contributed by atoms with E-state index in [-0.39, 0.29) is 21.3 Å². The van der Waals surface area contributed by atoms with Gasteiger partial charge in [0.25, 0.3) is 0 Å². The molecular weight excluding hydrogens is 288 g/mol. The summed E-state index contributed by atoms with van der Waals surface area (Å²) in [6, 6.07) is 5.82. The van der Waals surface area contributed by atoms with Crippen molar-refractivity contribution in [1.29, 1.82) is 0 Å². The molecule has 112 valence electrons. The summed E-state index contributed by atoms with van der Waals surface area (Å²) in [6.45, 7) is 6.75. The predicted molar refractivity (Wildman–Crippen MR) is 80.6 cm³/mol. The summed E-state index contributed by atoms with van der Waals surface area (Å²) in [5.41, 5.74) is 2.31. The van der Waals surface area contributed by atoms with Crippen molar-refractivity contribution in [3.8, 4) is 11.5 Å². The van der Waals surface area contributed by atoms with Crippen LogP contribution in [-0.4, -0.2) is 18.6 Å². The number of phenolic OH excluding ortho intramolecular Hbond substituents is 2. The molecule has 5 heteroatoms. The zero-order chi connectivity index (χ0) is 15.9. The first-order valence-corrected chi connectivity index (χ1v) is 7.98. The first-order valence-electron chi connectivity index (χ1n) is 6.50. The third-order valence-electron chi connectivity index (χ3n) is 3.69. The Morgan fingerprint density at radius 3 is 1.95 bits per heavy atom. The minimum atomic E-state index is -3.80. The number of aromatic hydroxyl groups is 2. The van der Waals surface area contributed by atoms with Crippen molar-refractivity contribution in [2.24, 2.45) is 0 Å². The number of hydrogen-bond donors (Lipinski definition) is 2. The van der Waals surface area contributed by atoms with E-state index in [2.05, 4.69) is 0 Å². The van der Waals surface area contributed by atoms with Crippen molar-refractivity contribution in [2.75, 3.05) is 0 Å². The van der Waals surface area contributed by atoms with Crippen molar-refractivity contribution in [2.45, 2.75) is 37.5 Å². The zero-order valence-corrected chi connectivity index (χ0v) is 13.2. The molecule has 2 aromatic rings. The normalized spacial score (nSPS) is 11.6. The average molecular weight is 306 g/mol. The van der Waals surface area contributed by atoms with E-state index in [4.69, 9.17) is 0 Å². The molecule has 2 rings (SSSR count). The maximum Gasteiger partial charge on any atom is 0.207 e. The lowest BCUT2D eigenvalue weighted by atomic mass is 10.1. The molecule has 2 N–H and O–H groups in total. The van der Waals surface area contributed by atoms with Crippen LogP contribution in [0, 0.1) is 27.7 Å². The van der Waals surface area contributed by atoms with E-state index in [1.807, 2.05) is 0 Å². The third kappa shape index (κ3) is 2.61. The molecule has 21 heavy (non-hydrogen) atoms. The Morgan fingerprint density at radius 2 is 1.38 bits per heavy atom. The molecule has 0 aliphatic carbocycles. The number of phenols is 2. The van der Waals surface area contributed by atoms with Crippen LogP contribution in [0.1, 0.15) is 22.3 Å². The fourth-order valence-corrected chi connectivity index (χ4v) is 3.88. The fraction of sp³-hybridized carbons (Fsp3) is 0.250. The third-order valence-corrected chi connectivity index (χ3v) is 5.55. The van der Waals surface area contributed by atoms with E-state index < -0.39 is 9.84 Å². The molecule has 0 fully saturated rings. The Morgan fingerprint density at radius 1 is 0.810 bits per heavy atom. The summed E-state index contributed by atoms with van der Waals surface area (Å²) in [6.07, 6.45) is 0. The van der Waals surface area contributed by atoms with Crippen LogP contribution in [0.25, 0.3) is 0 Å². The van der Waals surface area contributed by atoms with Crippen LogP contribution in [0.15, 0.2) is 34.1 Å². The van der Waals surface area contributed by atoms with Gasteiger partial charge in [-0.25, -0.2) is 8.42 Å². The second kappa shape index (κ2) is 5.07. The van der Waals surface area contributed by atoms with Crippen LogP contribution in [0.3, 0.4) is 0 Å². The van der Waals surface area contributed by atoms with Crippen LogP contribution in [-0.2, 0) is 9.84 Å². The van der Waals surface area contributed by atoms with Gasteiger partial charge >= 0.3 is 0 Å². The van der Waals surface area contributed by atoms with Gasteiger partial charge in [0.2, 0.25) is 9.84 Å². The Labute approximate surface area is 124 Å². The highest BCUT2D eigenvalue weighted by molar-refractivity contribution is 7.91. The summed E-state index contributed by atoms with van der Waals surface area (Å²) >= 11 is 0. The lowest BCUT2D eigenvalue weighted by Gasteiger charge is -2.12. The second-order valence-electron chi connectivity index (χ2n) is 5.29. The van der Waals surface area contributed by atoms with Crippen LogP contribution < -0.4 is 0 Å². The highest BCUT2D eigenvalue weighted by atomic mass is 32.2. The summed E-state index contributed by atoms with van der Waals surface area (Å²) < 4.78 is 25.5. The molecule has 0 saturated heterocycles. The van der Waals surface area contributed by atoms with Gasteiger partial charge in [0.05, 0.1) is 9.79 Å². The lowest BCUT2D eigenvalue weighted by Crippen LogP contribution is -2.05. The molecule has 0 radical (unpaired) electrons. The van der Waals surface area contributed by atoms with Gasteiger partial charge in [0.1, 0.15) is 11.5 Å². The van der Waals surface area contributed by atoms with Crippen molar-refractivity contribution in [1.82, 2.24) is 0 Å². The number of aryl methyl sites for hydroxylation is 2. The molecule has 0 atom stereocenters. The predicted octanol–water partition coefficient (Wildman–Crippen LogP) is 3.16. The smallest absolute Gasteiger partial charge is 0.207 e. The van der Waals surface area contributed by atoms with E-state index in [0.29, 0.717) is 22.3 Å². The average Bonchev–Trinajstić information content (AvgIpc) is 2.39. The van der Waals surface area contributed by atoms with Crippen molar-refractivity contribution in [3.05, 3.63) is 46.5 Å². The van der Waals surface area contributed by atoms with Gasteiger partial charge in [-0.05, 0) is 68.7 Å². The SMILES string of the molecule is Cc1cc(O)c(C)c(S(=O)(=O)c2cc(C)c(C)c(O)c2)c1. The van der Waals surface area contributed by atoms with Gasteiger partial charge in [-0.3, -0.25) is 0 Å². The molecule has 0 aliphatic rings. The van der Waals surface area contributed by atoms with Crippen LogP contribution in [0.5, 0.6) is 11.5 Å². The molecule has 2 aromatic carbocycles. The summed E-state index contributed by atoms with van der Waals surface area (Å²) in [5.74, 6) is -0.107. The van der Waals surface area contributed by atoms with Crippen molar-refractivity contribution >= 4 is 9.84 Å². The van der Waals surface area contributed by atoms with E-state index in [0.717, 1.165) is 0 Å². The van der Waals surface area contributed by atoms with Gasteiger partial charge in [0, 0.05) is 5.56 Å². The molecule has 0 amide bonds. The van der Waals surface area contributed by atoms with Crippen LogP contribution in [0.2, 0.25) is 0 Å². The van der Waals surface area contributed by atoms with Crippen LogP contribution >= 0.6 is 0 Å². The molecule has 0 unspecified atom stereocenters. The second-order valence-corrected chi connectivity index (χ2v) is 7.21. The van der Waals surface area contributed by atoms with Gasteiger partial charge < -0.3 is 10.2 Å². The van der Waals surface area contributed by atoms with Gasteiger partial charge in [-0.2, -0.15) is 0 Å². The lowest BCUT2D eigenvalue weighted by molar-refractivity contribution is 0.467. The van der Waals surface area contributed by atoms with E-state index in [1.165, 1.54) is 24.3 Å². The van der Waals surface area contributed by atoms with Gasteiger partial charge in [-0.15, -0.1) is 0 Å². The Balaban J connectivity index is 2.74. The molecule has 4 nitrogen and oxygen atoms in total. The molecule has 0 bridgehead atoms. The highest BCUT2D eigenvalue weighted by Gasteiger charge is 2.23. The number of sulfone groups is 1. The minimum Gasteiger partial charge on any atom is -0.508 e. The number of hydrogen-bond acceptors (Lipinski definition) is 4. The maximum atomic E-state index is 12.8. The molecule has 0 spiro atoms. The Hall–Kier alpha value is -2.01. The largest absolute Gasteiger partial charge is 0.508 e. The minimum absolute atomic E-state index is 0.0243. The molecule has 0 saturated carbocycles. The van der Waals surface area contributed by atoms with Crippen molar-refractivity contribution < 1.29 is 18.6 Å². The molecular formula is C16H18O4S. The topological polar surface area (TPSA) is 74.6 Å². The first kappa shape index (κ1) is 15.4. The molecule has 0 aromatic heterocycles. The summed E-state index contributed by atoms with van der Waals surface area (Å²) in [4.78, 5) is 0.0823. The zero-order valence-electron chi connectivity index (χ0n) is 12.4. The maximum absolute atomic E-state index is 12.8. The Kier molecular flexibility index (Phi) is 3.72. The van der Waals surface area contributed by atoms with Gasteiger partial charge in [0.15, 0.2) is 0 Å². The summed E-state index contributed by atoms with van der Waals surface area (Å²) in [7, 11) is -3.80.